The Morgan fingerprint density at radius 3 is 2.09 bits per heavy atom. The number of benzene rings is 4. The van der Waals surface area contributed by atoms with Gasteiger partial charge in [-0.05, 0) is 59.0 Å². The second-order valence-electron chi connectivity index (χ2n) is 8.29. The van der Waals surface area contributed by atoms with Gasteiger partial charge in [-0.1, -0.05) is 72.8 Å². The molecule has 0 saturated carbocycles. The highest BCUT2D eigenvalue weighted by molar-refractivity contribution is 6.09. The average molecular weight is 469 g/mol. The Hall–Kier alpha value is -3.99. The van der Waals surface area contributed by atoms with Crippen LogP contribution in [0.3, 0.4) is 0 Å². The van der Waals surface area contributed by atoms with Gasteiger partial charge in [-0.2, -0.15) is 0 Å². The fourth-order valence-corrected chi connectivity index (χ4v) is 4.39. The van der Waals surface area contributed by atoms with Gasteiger partial charge in [0, 0.05) is 12.0 Å². The minimum atomic E-state index is -1.11. The van der Waals surface area contributed by atoms with Crippen molar-refractivity contribution in [1.82, 2.24) is 0 Å². The van der Waals surface area contributed by atoms with Gasteiger partial charge in [0.2, 0.25) is 0 Å². The van der Waals surface area contributed by atoms with Crippen molar-refractivity contribution in [2.24, 2.45) is 5.92 Å². The van der Waals surface area contributed by atoms with E-state index < -0.39 is 17.9 Å². The Bertz CT molecular complexity index is 1370. The van der Waals surface area contributed by atoms with Crippen molar-refractivity contribution in [3.8, 4) is 11.1 Å². The summed E-state index contributed by atoms with van der Waals surface area (Å²) in [6.45, 7) is 3.66. The molecular formula is C30H28O5. The van der Waals surface area contributed by atoms with Gasteiger partial charge in [-0.25, -0.2) is 0 Å². The lowest BCUT2D eigenvalue weighted by Crippen LogP contribution is -2.28. The molecule has 0 aliphatic rings. The number of hydrogen-bond acceptors (Lipinski definition) is 5. The van der Waals surface area contributed by atoms with E-state index in [1.165, 1.54) is 10.8 Å². The van der Waals surface area contributed by atoms with Crippen molar-refractivity contribution >= 4 is 39.3 Å². The lowest BCUT2D eigenvalue weighted by atomic mass is 9.91. The van der Waals surface area contributed by atoms with Crippen LogP contribution in [0.5, 0.6) is 0 Å². The molecule has 178 valence electrons. The van der Waals surface area contributed by atoms with Crippen molar-refractivity contribution in [2.75, 3.05) is 13.2 Å². The van der Waals surface area contributed by atoms with Crippen LogP contribution in [0.25, 0.3) is 32.7 Å². The molecule has 4 rings (SSSR count). The van der Waals surface area contributed by atoms with Crippen LogP contribution in [0.2, 0.25) is 0 Å². The maximum Gasteiger partial charge on any atom is 0.320 e. The van der Waals surface area contributed by atoms with Crippen LogP contribution in [0.1, 0.15) is 37.0 Å². The molecule has 5 nitrogen and oxygen atoms in total. The Balaban J connectivity index is 1.61. The Morgan fingerprint density at radius 1 is 0.714 bits per heavy atom. The molecule has 4 aromatic rings. The summed E-state index contributed by atoms with van der Waals surface area (Å²) in [5.74, 6) is -2.57. The van der Waals surface area contributed by atoms with Crippen LogP contribution < -0.4 is 0 Å². The zero-order valence-corrected chi connectivity index (χ0v) is 20.0. The molecule has 0 amide bonds. The topological polar surface area (TPSA) is 69.7 Å². The average Bonchev–Trinajstić information content (AvgIpc) is 2.88. The van der Waals surface area contributed by atoms with Gasteiger partial charge in [0.1, 0.15) is 0 Å². The summed E-state index contributed by atoms with van der Waals surface area (Å²) in [5, 5.41) is 4.61. The third kappa shape index (κ3) is 5.24. The molecule has 0 atom stereocenters. The number of hydrogen-bond donors (Lipinski definition) is 0. The number of carbonyl (C=O) groups excluding carboxylic acids is 3. The highest BCUT2D eigenvalue weighted by Gasteiger charge is 2.30. The normalized spacial score (nSPS) is 11.1. The number of rotatable bonds is 9. The van der Waals surface area contributed by atoms with E-state index in [-0.39, 0.29) is 31.8 Å². The Morgan fingerprint density at radius 2 is 1.34 bits per heavy atom. The second-order valence-corrected chi connectivity index (χ2v) is 8.29. The molecule has 5 heteroatoms. The Labute approximate surface area is 204 Å². The van der Waals surface area contributed by atoms with Gasteiger partial charge in [0.25, 0.3) is 0 Å². The number of Topliss-reactive ketones (excluding diaryl/α,β-unsaturated/α-hetero) is 1. The molecule has 0 spiro atoms. The number of ether oxygens (including phenoxy) is 2. The van der Waals surface area contributed by atoms with Gasteiger partial charge in [-0.3, -0.25) is 14.4 Å². The lowest BCUT2D eigenvalue weighted by Gasteiger charge is -2.15. The maximum atomic E-state index is 13.2. The molecule has 0 N–H and O–H groups in total. The van der Waals surface area contributed by atoms with Crippen LogP contribution >= 0.6 is 0 Å². The van der Waals surface area contributed by atoms with E-state index in [1.54, 1.807) is 19.9 Å². The Kier molecular flexibility index (Phi) is 7.56. The summed E-state index contributed by atoms with van der Waals surface area (Å²) in [7, 11) is 0. The lowest BCUT2D eigenvalue weighted by molar-refractivity contribution is -0.161. The summed E-state index contributed by atoms with van der Waals surface area (Å²) in [6, 6.07) is 26.1. The second kappa shape index (κ2) is 11.0. The maximum absolute atomic E-state index is 13.2. The highest BCUT2D eigenvalue weighted by Crippen LogP contribution is 2.32. The summed E-state index contributed by atoms with van der Waals surface area (Å²) >= 11 is 0. The molecular weight excluding hydrogens is 440 g/mol. The standard InChI is InChI=1S/C30H28O5/c1-3-34-29(32)27(30(33)35-4-2)17-18-28(31)26-12-8-7-11-24(26)22-15-16-25-21(19-22)14-13-20-9-5-6-10-23(20)25/h5-16,19,27H,3-4,17-18H2,1-2H3. The first-order valence-electron chi connectivity index (χ1n) is 11.9. The molecule has 0 heterocycles. The van der Waals surface area contributed by atoms with Gasteiger partial charge >= 0.3 is 11.9 Å². The number of carbonyl (C=O) groups is 3. The number of ketones is 1. The summed E-state index contributed by atoms with van der Waals surface area (Å²) in [5.41, 5.74) is 2.31. The van der Waals surface area contributed by atoms with Gasteiger partial charge in [0.05, 0.1) is 13.2 Å². The van der Waals surface area contributed by atoms with E-state index in [0.29, 0.717) is 5.56 Å². The van der Waals surface area contributed by atoms with E-state index in [9.17, 15) is 14.4 Å². The molecule has 0 aliphatic heterocycles. The highest BCUT2D eigenvalue weighted by atomic mass is 16.6. The number of fused-ring (bicyclic) bond motifs is 3. The van der Waals surface area contributed by atoms with Crippen LogP contribution in [0.15, 0.2) is 78.9 Å². The molecule has 4 aromatic carbocycles. The van der Waals surface area contributed by atoms with Crippen molar-refractivity contribution in [2.45, 2.75) is 26.7 Å². The van der Waals surface area contributed by atoms with E-state index in [4.69, 9.17) is 9.47 Å². The fourth-order valence-electron chi connectivity index (χ4n) is 4.39. The van der Waals surface area contributed by atoms with E-state index in [1.807, 2.05) is 36.4 Å². The van der Waals surface area contributed by atoms with Crippen LogP contribution in [0, 0.1) is 5.92 Å². The molecule has 35 heavy (non-hydrogen) atoms. The predicted molar refractivity (Wildman–Crippen MR) is 137 cm³/mol. The van der Waals surface area contributed by atoms with Gasteiger partial charge < -0.3 is 9.47 Å². The summed E-state index contributed by atoms with van der Waals surface area (Å²) in [4.78, 5) is 37.8. The molecule has 0 fully saturated rings. The van der Waals surface area contributed by atoms with Gasteiger partial charge in [0.15, 0.2) is 11.7 Å². The first-order chi connectivity index (χ1) is 17.0. The molecule has 0 radical (unpaired) electrons. The molecule has 0 aliphatic carbocycles. The third-order valence-corrected chi connectivity index (χ3v) is 6.09. The third-order valence-electron chi connectivity index (χ3n) is 6.09. The first kappa shape index (κ1) is 24.1. The van der Waals surface area contributed by atoms with Gasteiger partial charge in [-0.15, -0.1) is 0 Å². The molecule has 0 unspecified atom stereocenters. The van der Waals surface area contributed by atoms with E-state index >= 15 is 0 Å². The SMILES string of the molecule is CCOC(=O)C(CCC(=O)c1ccccc1-c1ccc2c(ccc3ccccc32)c1)C(=O)OCC. The predicted octanol–water partition coefficient (Wildman–Crippen LogP) is 6.37. The van der Waals surface area contributed by atoms with Crippen molar-refractivity contribution in [3.05, 3.63) is 84.4 Å². The van der Waals surface area contributed by atoms with Crippen molar-refractivity contribution in [3.63, 3.8) is 0 Å². The van der Waals surface area contributed by atoms with Crippen LogP contribution in [0.4, 0.5) is 0 Å². The zero-order valence-electron chi connectivity index (χ0n) is 20.0. The van der Waals surface area contributed by atoms with Crippen LogP contribution in [-0.4, -0.2) is 30.9 Å². The summed E-state index contributed by atoms with van der Waals surface area (Å²) in [6.07, 6.45) is 0.0616. The molecule has 0 bridgehead atoms. The molecule has 0 saturated heterocycles. The van der Waals surface area contributed by atoms with Crippen molar-refractivity contribution < 1.29 is 23.9 Å². The largest absolute Gasteiger partial charge is 0.465 e. The minimum Gasteiger partial charge on any atom is -0.465 e. The minimum absolute atomic E-state index is 0.0253. The summed E-state index contributed by atoms with van der Waals surface area (Å²) < 4.78 is 10.0. The van der Waals surface area contributed by atoms with Crippen LogP contribution in [-0.2, 0) is 19.1 Å². The molecule has 0 aromatic heterocycles. The smallest absolute Gasteiger partial charge is 0.320 e. The monoisotopic (exact) mass is 468 g/mol. The first-order valence-corrected chi connectivity index (χ1v) is 11.9. The van der Waals surface area contributed by atoms with E-state index in [2.05, 4.69) is 36.4 Å². The zero-order chi connectivity index (χ0) is 24.8. The van der Waals surface area contributed by atoms with Crippen molar-refractivity contribution in [1.29, 1.82) is 0 Å². The quantitative estimate of drug-likeness (QED) is 0.124. The fraction of sp³-hybridized carbons (Fsp3) is 0.233. The number of esters is 2. The van der Waals surface area contributed by atoms with E-state index in [0.717, 1.165) is 21.9 Å².